The first-order chi connectivity index (χ1) is 7.99. The molecule has 1 aromatic rings. The highest BCUT2D eigenvalue weighted by molar-refractivity contribution is 7.80. The van der Waals surface area contributed by atoms with Crippen molar-refractivity contribution in [1.82, 2.24) is 4.98 Å². The summed E-state index contributed by atoms with van der Waals surface area (Å²) in [5.74, 6) is 0.606. The van der Waals surface area contributed by atoms with Gasteiger partial charge in [-0.15, -0.1) is 0 Å². The molecule has 17 heavy (non-hydrogen) atoms. The molecule has 0 saturated heterocycles. The van der Waals surface area contributed by atoms with Crippen molar-refractivity contribution in [2.75, 3.05) is 18.0 Å². The van der Waals surface area contributed by atoms with Crippen molar-refractivity contribution in [3.63, 3.8) is 0 Å². The van der Waals surface area contributed by atoms with Crippen LogP contribution < -0.4 is 10.6 Å². The minimum atomic E-state index is 0.574. The third kappa shape index (κ3) is 5.13. The monoisotopic (exact) mass is 251 g/mol. The highest BCUT2D eigenvalue weighted by Crippen LogP contribution is 2.16. The maximum Gasteiger partial charge on any atom is 0.0745 e. The molecule has 1 heterocycles. The molecule has 0 fully saturated rings. The van der Waals surface area contributed by atoms with Crippen LogP contribution in [0.4, 0.5) is 5.69 Å². The molecule has 0 aromatic carbocycles. The van der Waals surface area contributed by atoms with Crippen LogP contribution in [-0.4, -0.2) is 23.1 Å². The van der Waals surface area contributed by atoms with E-state index in [9.17, 15) is 0 Å². The van der Waals surface area contributed by atoms with Crippen LogP contribution in [0.1, 0.15) is 26.0 Å². The van der Waals surface area contributed by atoms with Crippen molar-refractivity contribution in [3.05, 3.63) is 24.0 Å². The predicted octanol–water partition coefficient (Wildman–Crippen LogP) is 2.53. The van der Waals surface area contributed by atoms with E-state index in [0.717, 1.165) is 25.2 Å². The van der Waals surface area contributed by atoms with Gasteiger partial charge in [-0.25, -0.2) is 0 Å². The van der Waals surface area contributed by atoms with Crippen LogP contribution in [0.5, 0.6) is 0 Å². The third-order valence-electron chi connectivity index (χ3n) is 2.46. The van der Waals surface area contributed by atoms with Crippen molar-refractivity contribution in [1.29, 1.82) is 0 Å². The number of hydrogen-bond acceptors (Lipinski definition) is 3. The molecule has 0 saturated carbocycles. The summed E-state index contributed by atoms with van der Waals surface area (Å²) in [5.41, 5.74) is 7.80. The zero-order valence-corrected chi connectivity index (χ0v) is 11.6. The second-order valence-electron chi connectivity index (χ2n) is 4.71. The molecule has 1 rings (SSSR count). The lowest BCUT2D eigenvalue weighted by molar-refractivity contribution is 0.613. The van der Waals surface area contributed by atoms with E-state index in [4.69, 9.17) is 18.0 Å². The molecule has 0 atom stereocenters. The molecular formula is C13H21N3S. The van der Waals surface area contributed by atoms with Gasteiger partial charge in [0.25, 0.3) is 0 Å². The fourth-order valence-electron chi connectivity index (χ4n) is 1.74. The van der Waals surface area contributed by atoms with E-state index >= 15 is 0 Å². The number of aromatic nitrogens is 1. The second-order valence-corrected chi connectivity index (χ2v) is 5.24. The average Bonchev–Trinajstić information content (AvgIpc) is 2.23. The zero-order chi connectivity index (χ0) is 12.8. The first-order valence-corrected chi connectivity index (χ1v) is 6.35. The number of thiocarbonyl (C=S) groups is 1. The highest BCUT2D eigenvalue weighted by atomic mass is 32.1. The average molecular weight is 251 g/mol. The summed E-state index contributed by atoms with van der Waals surface area (Å²) in [5, 5.41) is 0. The standard InChI is InChI=1S/C13H21N3S/c1-10(2)9-16(7-5-13(14)17)12-4-6-15-11(3)8-12/h4,6,8,10H,5,7,9H2,1-3H3,(H2,14,17). The summed E-state index contributed by atoms with van der Waals surface area (Å²) in [6.45, 7) is 8.30. The number of pyridine rings is 1. The Balaban J connectivity index is 2.77. The topological polar surface area (TPSA) is 42.1 Å². The molecule has 0 aliphatic carbocycles. The molecule has 0 spiro atoms. The Bertz CT molecular complexity index is 377. The first kappa shape index (κ1) is 13.9. The molecule has 0 aliphatic heterocycles. The molecule has 94 valence electrons. The Morgan fingerprint density at radius 3 is 2.76 bits per heavy atom. The van der Waals surface area contributed by atoms with Gasteiger partial charge >= 0.3 is 0 Å². The van der Waals surface area contributed by atoms with Crippen molar-refractivity contribution in [2.45, 2.75) is 27.2 Å². The maximum atomic E-state index is 5.57. The first-order valence-electron chi connectivity index (χ1n) is 5.95. The van der Waals surface area contributed by atoms with Gasteiger partial charge in [0.2, 0.25) is 0 Å². The summed E-state index contributed by atoms with van der Waals surface area (Å²) in [6, 6.07) is 4.14. The molecule has 0 aliphatic rings. The zero-order valence-electron chi connectivity index (χ0n) is 10.8. The molecule has 0 unspecified atom stereocenters. The number of hydrogen-bond donors (Lipinski definition) is 1. The van der Waals surface area contributed by atoms with Crippen LogP contribution in [0.2, 0.25) is 0 Å². The van der Waals surface area contributed by atoms with E-state index in [2.05, 4.69) is 29.8 Å². The van der Waals surface area contributed by atoms with Crippen LogP contribution in [0.25, 0.3) is 0 Å². The Morgan fingerprint density at radius 2 is 2.24 bits per heavy atom. The molecule has 1 aromatic heterocycles. The van der Waals surface area contributed by atoms with Gasteiger partial charge in [-0.3, -0.25) is 4.98 Å². The van der Waals surface area contributed by atoms with Gasteiger partial charge in [0.05, 0.1) is 4.99 Å². The van der Waals surface area contributed by atoms with Crippen molar-refractivity contribution >= 4 is 22.9 Å². The summed E-state index contributed by atoms with van der Waals surface area (Å²) in [6.07, 6.45) is 2.60. The molecular weight excluding hydrogens is 230 g/mol. The van der Waals surface area contributed by atoms with Crippen LogP contribution in [0.15, 0.2) is 18.3 Å². The number of anilines is 1. The second kappa shape index (κ2) is 6.55. The van der Waals surface area contributed by atoms with E-state index in [1.807, 2.05) is 19.2 Å². The number of aryl methyl sites for hydroxylation is 1. The molecule has 2 N–H and O–H groups in total. The van der Waals surface area contributed by atoms with E-state index < -0.39 is 0 Å². The summed E-state index contributed by atoms with van der Waals surface area (Å²) in [7, 11) is 0. The molecule has 0 amide bonds. The van der Waals surface area contributed by atoms with Crippen LogP contribution >= 0.6 is 12.2 Å². The molecule has 4 heteroatoms. The summed E-state index contributed by atoms with van der Waals surface area (Å²) >= 11 is 4.94. The number of rotatable bonds is 6. The largest absolute Gasteiger partial charge is 0.393 e. The Kier molecular flexibility index (Phi) is 5.35. The minimum Gasteiger partial charge on any atom is -0.393 e. The van der Waals surface area contributed by atoms with E-state index in [1.54, 1.807) is 0 Å². The van der Waals surface area contributed by atoms with E-state index in [1.165, 1.54) is 5.69 Å². The summed E-state index contributed by atoms with van der Waals surface area (Å²) in [4.78, 5) is 7.11. The lowest BCUT2D eigenvalue weighted by Gasteiger charge is -2.26. The normalized spacial score (nSPS) is 10.6. The van der Waals surface area contributed by atoms with Gasteiger partial charge in [0, 0.05) is 37.1 Å². The number of nitrogens with two attached hydrogens (primary N) is 1. The molecule has 0 bridgehead atoms. The lowest BCUT2D eigenvalue weighted by atomic mass is 10.2. The van der Waals surface area contributed by atoms with Crippen molar-refractivity contribution in [3.8, 4) is 0 Å². The van der Waals surface area contributed by atoms with Crippen molar-refractivity contribution < 1.29 is 0 Å². The van der Waals surface area contributed by atoms with Crippen molar-refractivity contribution in [2.24, 2.45) is 11.7 Å². The van der Waals surface area contributed by atoms with Crippen LogP contribution in [0, 0.1) is 12.8 Å². The Morgan fingerprint density at radius 1 is 1.53 bits per heavy atom. The quantitative estimate of drug-likeness (QED) is 0.789. The van der Waals surface area contributed by atoms with Gasteiger partial charge in [0.1, 0.15) is 0 Å². The Hall–Kier alpha value is -1.16. The van der Waals surface area contributed by atoms with Crippen LogP contribution in [-0.2, 0) is 0 Å². The van der Waals surface area contributed by atoms with Gasteiger partial charge in [-0.05, 0) is 25.0 Å². The van der Waals surface area contributed by atoms with Gasteiger partial charge in [0.15, 0.2) is 0 Å². The van der Waals surface area contributed by atoms with E-state index in [-0.39, 0.29) is 0 Å². The highest BCUT2D eigenvalue weighted by Gasteiger charge is 2.09. The van der Waals surface area contributed by atoms with Gasteiger partial charge in [-0.1, -0.05) is 26.1 Å². The SMILES string of the molecule is Cc1cc(N(CCC(N)=S)CC(C)C)ccn1. The number of nitrogens with zero attached hydrogens (tertiary/aromatic N) is 2. The smallest absolute Gasteiger partial charge is 0.0745 e. The third-order valence-corrected chi connectivity index (χ3v) is 2.66. The molecule has 3 nitrogen and oxygen atoms in total. The van der Waals surface area contributed by atoms with Gasteiger partial charge in [-0.2, -0.15) is 0 Å². The summed E-state index contributed by atoms with van der Waals surface area (Å²) < 4.78 is 0. The maximum absolute atomic E-state index is 5.57. The fourth-order valence-corrected chi connectivity index (χ4v) is 1.83. The fraction of sp³-hybridized carbons (Fsp3) is 0.538. The van der Waals surface area contributed by atoms with E-state index in [0.29, 0.717) is 10.9 Å². The molecule has 0 radical (unpaired) electrons. The lowest BCUT2D eigenvalue weighted by Crippen LogP contribution is -2.31. The van der Waals surface area contributed by atoms with Crippen LogP contribution in [0.3, 0.4) is 0 Å². The van der Waals surface area contributed by atoms with Gasteiger partial charge < -0.3 is 10.6 Å². The Labute approximate surface area is 109 Å². The predicted molar refractivity (Wildman–Crippen MR) is 77.4 cm³/mol. The minimum absolute atomic E-state index is 0.574.